The van der Waals surface area contributed by atoms with Crippen molar-refractivity contribution in [3.8, 4) is 6.07 Å². The van der Waals surface area contributed by atoms with Crippen molar-refractivity contribution in [2.45, 2.75) is 46.1 Å². The Morgan fingerprint density at radius 2 is 1.86 bits per heavy atom. The Labute approximate surface area is 132 Å². The van der Waals surface area contributed by atoms with Gasteiger partial charge in [0.1, 0.15) is 11.6 Å². The average Bonchev–Trinajstić information content (AvgIpc) is 2.52. The van der Waals surface area contributed by atoms with Gasteiger partial charge in [-0.15, -0.1) is 0 Å². The second kappa shape index (κ2) is 7.04. The highest BCUT2D eigenvalue weighted by molar-refractivity contribution is 5.40. The van der Waals surface area contributed by atoms with Gasteiger partial charge in [0, 0.05) is 24.2 Å². The molecule has 0 saturated carbocycles. The maximum Gasteiger partial charge on any atom is 0.133 e. The molecule has 2 rings (SSSR count). The van der Waals surface area contributed by atoms with Crippen LogP contribution in [0.5, 0.6) is 0 Å². The van der Waals surface area contributed by atoms with Crippen molar-refractivity contribution in [1.29, 1.82) is 5.26 Å². The van der Waals surface area contributed by atoms with Crippen LogP contribution in [0, 0.1) is 11.3 Å². The molecule has 1 aromatic carbocycles. The van der Waals surface area contributed by atoms with Gasteiger partial charge in [0.2, 0.25) is 0 Å². The molecule has 0 fully saturated rings. The van der Waals surface area contributed by atoms with Crippen LogP contribution in [-0.2, 0) is 6.54 Å². The molecular weight excluding hydrogens is 272 g/mol. The summed E-state index contributed by atoms with van der Waals surface area (Å²) in [6, 6.07) is 11.8. The maximum atomic E-state index is 8.95. The number of nitriles is 1. The van der Waals surface area contributed by atoms with Crippen LogP contribution in [0.2, 0.25) is 0 Å². The monoisotopic (exact) mass is 294 g/mol. The smallest absolute Gasteiger partial charge is 0.133 e. The Balaban J connectivity index is 2.19. The van der Waals surface area contributed by atoms with Crippen molar-refractivity contribution in [1.82, 2.24) is 9.97 Å². The van der Waals surface area contributed by atoms with E-state index >= 15 is 0 Å². The summed E-state index contributed by atoms with van der Waals surface area (Å²) in [5, 5.41) is 12.3. The van der Waals surface area contributed by atoms with E-state index in [9.17, 15) is 0 Å². The molecule has 114 valence electrons. The first-order valence-electron chi connectivity index (χ1n) is 7.61. The van der Waals surface area contributed by atoms with Crippen LogP contribution in [0.15, 0.2) is 30.3 Å². The van der Waals surface area contributed by atoms with E-state index in [-0.39, 0.29) is 0 Å². The first kappa shape index (κ1) is 16.0. The van der Waals surface area contributed by atoms with E-state index in [1.807, 2.05) is 30.3 Å². The normalized spacial score (nSPS) is 10.8. The summed E-state index contributed by atoms with van der Waals surface area (Å²) in [5.41, 5.74) is 2.79. The van der Waals surface area contributed by atoms with Gasteiger partial charge in [0.15, 0.2) is 0 Å². The third kappa shape index (κ3) is 4.05. The van der Waals surface area contributed by atoms with Crippen LogP contribution >= 0.6 is 0 Å². The molecule has 1 N–H and O–H groups in total. The van der Waals surface area contributed by atoms with Gasteiger partial charge in [-0.1, -0.05) is 39.8 Å². The summed E-state index contributed by atoms with van der Waals surface area (Å²) in [4.78, 5) is 9.21. The van der Waals surface area contributed by atoms with Crippen LogP contribution in [0.1, 0.15) is 62.2 Å². The predicted molar refractivity (Wildman–Crippen MR) is 88.7 cm³/mol. The van der Waals surface area contributed by atoms with E-state index in [1.54, 1.807) is 0 Å². The molecule has 4 heteroatoms. The minimum Gasteiger partial charge on any atom is -0.366 e. The molecule has 0 spiro atoms. The lowest BCUT2D eigenvalue weighted by Crippen LogP contribution is -2.08. The first-order chi connectivity index (χ1) is 10.5. The summed E-state index contributed by atoms with van der Waals surface area (Å²) in [5.74, 6) is 2.35. The van der Waals surface area contributed by atoms with Gasteiger partial charge in [0.05, 0.1) is 11.6 Å². The Morgan fingerprint density at radius 3 is 2.50 bits per heavy atom. The zero-order valence-corrected chi connectivity index (χ0v) is 13.6. The average molecular weight is 294 g/mol. The van der Waals surface area contributed by atoms with Crippen LogP contribution in [0.25, 0.3) is 0 Å². The van der Waals surface area contributed by atoms with E-state index in [0.29, 0.717) is 23.9 Å². The molecule has 0 aliphatic rings. The molecule has 0 aliphatic carbocycles. The van der Waals surface area contributed by atoms with Gasteiger partial charge in [-0.2, -0.15) is 5.26 Å². The van der Waals surface area contributed by atoms with Gasteiger partial charge in [-0.3, -0.25) is 0 Å². The molecular formula is C18H22N4. The predicted octanol–water partition coefficient (Wildman–Crippen LogP) is 4.21. The van der Waals surface area contributed by atoms with Gasteiger partial charge in [0.25, 0.3) is 0 Å². The molecule has 0 radical (unpaired) electrons. The molecule has 1 heterocycles. The fourth-order valence-corrected chi connectivity index (χ4v) is 2.07. The van der Waals surface area contributed by atoms with Gasteiger partial charge in [-0.25, -0.2) is 9.97 Å². The molecule has 1 aromatic heterocycles. The number of anilines is 1. The minimum atomic E-state index is 0.293. The van der Waals surface area contributed by atoms with E-state index in [1.165, 1.54) is 0 Å². The number of nitrogens with one attached hydrogen (secondary N) is 1. The summed E-state index contributed by atoms with van der Waals surface area (Å²) < 4.78 is 0. The summed E-state index contributed by atoms with van der Waals surface area (Å²) >= 11 is 0. The van der Waals surface area contributed by atoms with Gasteiger partial charge < -0.3 is 5.32 Å². The second-order valence-corrected chi connectivity index (χ2v) is 6.01. The molecule has 22 heavy (non-hydrogen) atoms. The van der Waals surface area contributed by atoms with Crippen LogP contribution in [-0.4, -0.2) is 9.97 Å². The van der Waals surface area contributed by atoms with E-state index in [2.05, 4.69) is 49.0 Å². The third-order valence-electron chi connectivity index (χ3n) is 3.40. The zero-order valence-electron chi connectivity index (χ0n) is 13.6. The largest absolute Gasteiger partial charge is 0.366 e. The lowest BCUT2D eigenvalue weighted by Gasteiger charge is -2.13. The van der Waals surface area contributed by atoms with E-state index in [0.717, 1.165) is 22.9 Å². The summed E-state index contributed by atoms with van der Waals surface area (Å²) in [6.07, 6.45) is 0. The lowest BCUT2D eigenvalue weighted by molar-refractivity contribution is 0.730. The Hall–Kier alpha value is -2.41. The number of rotatable bonds is 5. The summed E-state index contributed by atoms with van der Waals surface area (Å²) in [6.45, 7) is 9.10. The number of hydrogen-bond donors (Lipinski definition) is 1. The van der Waals surface area contributed by atoms with E-state index < -0.39 is 0 Å². The Bertz CT molecular complexity index is 657. The highest BCUT2D eigenvalue weighted by Crippen LogP contribution is 2.20. The standard InChI is InChI=1S/C18H22N4/c1-12(2)16-9-17(22-18(21-16)13(3)4)20-11-15-7-5-6-14(8-15)10-19/h5-9,12-13H,11H2,1-4H3,(H,20,21,22). The summed E-state index contributed by atoms with van der Waals surface area (Å²) in [7, 11) is 0. The number of hydrogen-bond acceptors (Lipinski definition) is 4. The molecule has 0 amide bonds. The van der Waals surface area contributed by atoms with Crippen LogP contribution < -0.4 is 5.32 Å². The molecule has 0 atom stereocenters. The van der Waals surface area contributed by atoms with Gasteiger partial charge in [-0.05, 0) is 23.6 Å². The number of aromatic nitrogens is 2. The van der Waals surface area contributed by atoms with Crippen molar-refractivity contribution < 1.29 is 0 Å². The van der Waals surface area contributed by atoms with Crippen molar-refractivity contribution in [3.05, 3.63) is 53.0 Å². The quantitative estimate of drug-likeness (QED) is 0.897. The number of nitrogens with zero attached hydrogens (tertiary/aromatic N) is 3. The molecule has 0 unspecified atom stereocenters. The molecule has 4 nitrogen and oxygen atoms in total. The van der Waals surface area contributed by atoms with Crippen molar-refractivity contribution >= 4 is 5.82 Å². The number of benzene rings is 1. The lowest BCUT2D eigenvalue weighted by atomic mass is 10.1. The fraction of sp³-hybridized carbons (Fsp3) is 0.389. The highest BCUT2D eigenvalue weighted by atomic mass is 15.0. The second-order valence-electron chi connectivity index (χ2n) is 6.01. The molecule has 0 bridgehead atoms. The zero-order chi connectivity index (χ0) is 16.1. The van der Waals surface area contributed by atoms with E-state index in [4.69, 9.17) is 5.26 Å². The molecule has 2 aromatic rings. The highest BCUT2D eigenvalue weighted by Gasteiger charge is 2.10. The van der Waals surface area contributed by atoms with Crippen LogP contribution in [0.3, 0.4) is 0 Å². The Morgan fingerprint density at radius 1 is 1.09 bits per heavy atom. The van der Waals surface area contributed by atoms with Gasteiger partial charge >= 0.3 is 0 Å². The van der Waals surface area contributed by atoms with Crippen LogP contribution in [0.4, 0.5) is 5.82 Å². The molecule has 0 saturated heterocycles. The third-order valence-corrected chi connectivity index (χ3v) is 3.40. The fourth-order valence-electron chi connectivity index (χ4n) is 2.07. The molecule has 0 aliphatic heterocycles. The Kier molecular flexibility index (Phi) is 5.11. The first-order valence-corrected chi connectivity index (χ1v) is 7.61. The maximum absolute atomic E-state index is 8.95. The van der Waals surface area contributed by atoms with Crippen molar-refractivity contribution in [2.75, 3.05) is 5.32 Å². The minimum absolute atomic E-state index is 0.293. The SMILES string of the molecule is CC(C)c1cc(NCc2cccc(C#N)c2)nc(C(C)C)n1. The van der Waals surface area contributed by atoms with Crippen molar-refractivity contribution in [2.24, 2.45) is 0 Å². The van der Waals surface area contributed by atoms with Crippen molar-refractivity contribution in [3.63, 3.8) is 0 Å². The topological polar surface area (TPSA) is 61.6 Å².